The molecule has 2 aliphatic rings. The number of aryl methyl sites for hydroxylation is 2. The third-order valence-corrected chi connectivity index (χ3v) is 8.50. The molecule has 0 saturated carbocycles. The molecule has 0 radical (unpaired) electrons. The number of carbonyl (C=O) groups is 2. The highest BCUT2D eigenvalue weighted by molar-refractivity contribution is 7.89. The highest BCUT2D eigenvalue weighted by atomic mass is 32.2. The van der Waals surface area contributed by atoms with Crippen molar-refractivity contribution in [1.29, 1.82) is 0 Å². The van der Waals surface area contributed by atoms with Crippen molar-refractivity contribution in [3.05, 3.63) is 47.5 Å². The zero-order chi connectivity index (χ0) is 24.5. The number of piperidine rings is 1. The van der Waals surface area contributed by atoms with Crippen LogP contribution < -0.4 is 15.4 Å². The number of nitrogens with zero attached hydrogens (tertiary/aromatic N) is 1. The van der Waals surface area contributed by atoms with Crippen molar-refractivity contribution >= 4 is 33.2 Å². The molecule has 0 bridgehead atoms. The van der Waals surface area contributed by atoms with Crippen LogP contribution in [0.4, 0.5) is 11.4 Å². The van der Waals surface area contributed by atoms with E-state index in [2.05, 4.69) is 10.6 Å². The molecule has 9 heteroatoms. The maximum Gasteiger partial charge on any atom is 0.265 e. The third kappa shape index (κ3) is 4.67. The summed E-state index contributed by atoms with van der Waals surface area (Å²) in [6.45, 7) is 6.02. The first-order chi connectivity index (χ1) is 16.2. The number of fused-ring (bicyclic) bond motifs is 1. The normalized spacial score (nSPS) is 20.7. The highest BCUT2D eigenvalue weighted by Gasteiger charge is 2.36. The summed E-state index contributed by atoms with van der Waals surface area (Å²) in [5.74, 6) is -0.496. The van der Waals surface area contributed by atoms with Crippen molar-refractivity contribution in [3.63, 3.8) is 0 Å². The summed E-state index contributed by atoms with van der Waals surface area (Å²) in [5, 5.41) is 5.78. The van der Waals surface area contributed by atoms with E-state index in [-0.39, 0.29) is 23.3 Å². The van der Waals surface area contributed by atoms with Crippen LogP contribution in [0.1, 0.15) is 44.2 Å². The molecule has 4 rings (SSSR count). The van der Waals surface area contributed by atoms with Crippen molar-refractivity contribution in [1.82, 2.24) is 4.31 Å². The molecule has 2 N–H and O–H groups in total. The number of anilines is 2. The van der Waals surface area contributed by atoms with Gasteiger partial charge < -0.3 is 15.4 Å². The Morgan fingerprint density at radius 3 is 2.74 bits per heavy atom. The average Bonchev–Trinajstić information content (AvgIpc) is 2.83. The van der Waals surface area contributed by atoms with Crippen LogP contribution in [0.2, 0.25) is 0 Å². The first-order valence-electron chi connectivity index (χ1n) is 11.8. The Balaban J connectivity index is 1.55. The number of rotatable bonds is 6. The molecule has 34 heavy (non-hydrogen) atoms. The van der Waals surface area contributed by atoms with E-state index < -0.39 is 22.0 Å². The van der Waals surface area contributed by atoms with Gasteiger partial charge in [-0.1, -0.05) is 32.0 Å². The Bertz CT molecular complexity index is 1210. The van der Waals surface area contributed by atoms with Gasteiger partial charge in [0.25, 0.3) is 5.91 Å². The number of benzene rings is 2. The molecule has 0 aromatic heterocycles. The van der Waals surface area contributed by atoms with Gasteiger partial charge in [-0.25, -0.2) is 8.42 Å². The minimum atomic E-state index is -3.86. The molecule has 0 spiro atoms. The fourth-order valence-corrected chi connectivity index (χ4v) is 6.28. The molecule has 1 saturated heterocycles. The van der Waals surface area contributed by atoms with Crippen LogP contribution in [0.5, 0.6) is 5.75 Å². The maximum absolute atomic E-state index is 13.6. The summed E-state index contributed by atoms with van der Waals surface area (Å²) >= 11 is 0. The monoisotopic (exact) mass is 485 g/mol. The Morgan fingerprint density at radius 2 is 2.00 bits per heavy atom. The molecule has 2 atom stereocenters. The number of hydrogen-bond donors (Lipinski definition) is 2. The lowest BCUT2D eigenvalue weighted by molar-refractivity contribution is -0.123. The number of ether oxygens (including phenoxy) is 1. The van der Waals surface area contributed by atoms with Gasteiger partial charge >= 0.3 is 0 Å². The van der Waals surface area contributed by atoms with Gasteiger partial charge in [-0.3, -0.25) is 9.59 Å². The Morgan fingerprint density at radius 1 is 1.24 bits per heavy atom. The zero-order valence-corrected chi connectivity index (χ0v) is 20.6. The van der Waals surface area contributed by atoms with Gasteiger partial charge in [-0.15, -0.1) is 0 Å². The topological polar surface area (TPSA) is 105 Å². The quantitative estimate of drug-likeness (QED) is 0.649. The van der Waals surface area contributed by atoms with Gasteiger partial charge in [-0.2, -0.15) is 4.31 Å². The van der Waals surface area contributed by atoms with Crippen molar-refractivity contribution < 1.29 is 22.7 Å². The number of nitrogens with one attached hydrogen (secondary N) is 2. The van der Waals surface area contributed by atoms with Crippen LogP contribution >= 0.6 is 0 Å². The van der Waals surface area contributed by atoms with Crippen LogP contribution in [-0.2, 0) is 26.0 Å². The molecule has 0 unspecified atom stereocenters. The Labute approximate surface area is 200 Å². The molecule has 1 fully saturated rings. The molecule has 182 valence electrons. The zero-order valence-electron chi connectivity index (χ0n) is 19.8. The van der Waals surface area contributed by atoms with E-state index in [1.807, 2.05) is 38.1 Å². The Kier molecular flexibility index (Phi) is 6.95. The van der Waals surface area contributed by atoms with Gasteiger partial charge in [0.05, 0.1) is 16.5 Å². The predicted octanol–water partition coefficient (Wildman–Crippen LogP) is 3.71. The van der Waals surface area contributed by atoms with E-state index in [9.17, 15) is 18.0 Å². The first-order valence-corrected chi connectivity index (χ1v) is 13.2. The number of para-hydroxylation sites is 1. The van der Waals surface area contributed by atoms with Crippen molar-refractivity contribution in [2.75, 3.05) is 23.7 Å². The second kappa shape index (κ2) is 9.76. The summed E-state index contributed by atoms with van der Waals surface area (Å²) in [4.78, 5) is 25.2. The van der Waals surface area contributed by atoms with Gasteiger partial charge in [0.1, 0.15) is 5.75 Å². The van der Waals surface area contributed by atoms with Crippen LogP contribution in [0.25, 0.3) is 0 Å². The third-order valence-electron chi connectivity index (χ3n) is 6.50. The lowest BCUT2D eigenvalue weighted by Gasteiger charge is -2.32. The number of amides is 2. The summed E-state index contributed by atoms with van der Waals surface area (Å²) in [6, 6.07) is 10.8. The fraction of sp³-hybridized carbons (Fsp3) is 0.440. The lowest BCUT2D eigenvalue weighted by atomic mass is 9.98. The smallest absolute Gasteiger partial charge is 0.265 e. The van der Waals surface area contributed by atoms with Gasteiger partial charge in [0, 0.05) is 24.8 Å². The summed E-state index contributed by atoms with van der Waals surface area (Å²) < 4.78 is 34.3. The summed E-state index contributed by atoms with van der Waals surface area (Å²) in [7, 11) is -3.86. The maximum atomic E-state index is 13.6. The van der Waals surface area contributed by atoms with Crippen molar-refractivity contribution in [2.45, 2.75) is 57.5 Å². The first kappa shape index (κ1) is 24.2. The molecule has 2 amide bonds. The molecule has 2 aliphatic heterocycles. The van der Waals surface area contributed by atoms with Crippen molar-refractivity contribution in [2.24, 2.45) is 5.92 Å². The summed E-state index contributed by atoms with van der Waals surface area (Å²) in [5.41, 5.74) is 2.79. The summed E-state index contributed by atoms with van der Waals surface area (Å²) in [6.07, 6.45) is 1.84. The van der Waals surface area contributed by atoms with E-state index in [0.717, 1.165) is 17.7 Å². The predicted molar refractivity (Wildman–Crippen MR) is 130 cm³/mol. The van der Waals surface area contributed by atoms with E-state index in [0.29, 0.717) is 42.8 Å². The largest absolute Gasteiger partial charge is 0.478 e. The Hall–Kier alpha value is -2.91. The second-order valence-corrected chi connectivity index (χ2v) is 10.7. The van der Waals surface area contributed by atoms with E-state index >= 15 is 0 Å². The molecule has 2 aromatic carbocycles. The molecule has 8 nitrogen and oxygen atoms in total. The average molecular weight is 486 g/mol. The molecule has 2 heterocycles. The minimum absolute atomic E-state index is 0.119. The number of hydrogen-bond acceptors (Lipinski definition) is 5. The second-order valence-electron chi connectivity index (χ2n) is 8.82. The standard InChI is InChI=1S/C25H31N3O5S/c1-4-17-9-6-7-11-19(17)26-24(29)18-10-8-12-28(15-18)34(31,32)23-14-22-20(13-16(23)3)27-25(30)21(5-2)33-22/h6-7,9,11,13-14,18,21H,4-5,8,10,12,15H2,1-3H3,(H,26,29)(H,27,30)/t18-,21-/m1/s1. The molecule has 2 aromatic rings. The molecule has 0 aliphatic carbocycles. The SMILES string of the molecule is CCc1ccccc1NC(=O)[C@@H]1CCCN(S(=O)(=O)c2cc3c(cc2C)NC(=O)[C@@H](CC)O3)C1. The highest BCUT2D eigenvalue weighted by Crippen LogP contribution is 2.36. The van der Waals surface area contributed by atoms with Crippen LogP contribution in [-0.4, -0.2) is 43.7 Å². The fourth-order valence-electron chi connectivity index (χ4n) is 4.53. The number of sulfonamides is 1. The van der Waals surface area contributed by atoms with E-state index in [4.69, 9.17) is 4.74 Å². The van der Waals surface area contributed by atoms with Crippen LogP contribution in [0.3, 0.4) is 0 Å². The van der Waals surface area contributed by atoms with E-state index in [1.54, 1.807) is 13.0 Å². The molecular formula is C25H31N3O5S. The van der Waals surface area contributed by atoms with Gasteiger partial charge in [0.15, 0.2) is 6.10 Å². The number of carbonyl (C=O) groups excluding carboxylic acids is 2. The van der Waals surface area contributed by atoms with E-state index in [1.165, 1.54) is 10.4 Å². The molecular weight excluding hydrogens is 454 g/mol. The lowest BCUT2D eigenvalue weighted by Crippen LogP contribution is -2.44. The van der Waals surface area contributed by atoms with Crippen molar-refractivity contribution in [3.8, 4) is 5.75 Å². The van der Waals surface area contributed by atoms with Crippen LogP contribution in [0.15, 0.2) is 41.3 Å². The minimum Gasteiger partial charge on any atom is -0.478 e. The van der Waals surface area contributed by atoms with Gasteiger partial charge in [-0.05, 0) is 55.9 Å². The van der Waals surface area contributed by atoms with Gasteiger partial charge in [0.2, 0.25) is 15.9 Å². The van der Waals surface area contributed by atoms with Crippen LogP contribution in [0, 0.1) is 12.8 Å².